The summed E-state index contributed by atoms with van der Waals surface area (Å²) in [5.74, 6) is 0. The molecule has 1 atom stereocenters. The van der Waals surface area contributed by atoms with E-state index in [1.807, 2.05) is 18.3 Å². The molecule has 2 heterocycles. The van der Waals surface area contributed by atoms with E-state index in [0.29, 0.717) is 26.0 Å². The molecule has 1 fully saturated rings. The van der Waals surface area contributed by atoms with Gasteiger partial charge in [-0.15, -0.1) is 12.4 Å². The number of fused-ring (bicyclic) bond motifs is 1. The fraction of sp³-hybridized carbons (Fsp3) is 0.400. The van der Waals surface area contributed by atoms with Crippen molar-refractivity contribution in [3.8, 4) is 0 Å². The molecule has 5 nitrogen and oxygen atoms in total. The average molecular weight is 313 g/mol. The van der Waals surface area contributed by atoms with Crippen LogP contribution in [0.4, 0.5) is 4.79 Å². The molecule has 2 aromatic rings. The van der Waals surface area contributed by atoms with E-state index < -0.39 is 6.98 Å². The van der Waals surface area contributed by atoms with E-state index in [2.05, 4.69) is 21.7 Å². The summed E-state index contributed by atoms with van der Waals surface area (Å²) in [6, 6.07) is 6.11. The number of likely N-dealkylation sites (N-methyl/N-ethyl adjacent to an activating group) is 1. The van der Waals surface area contributed by atoms with Crippen LogP contribution in [0, 0.1) is 0 Å². The molecule has 1 aliphatic rings. The molecule has 114 valence electrons. The van der Waals surface area contributed by atoms with Gasteiger partial charge in [-0.05, 0) is 49.6 Å². The summed E-state index contributed by atoms with van der Waals surface area (Å²) in [6.07, 6.45) is 2.88. The van der Waals surface area contributed by atoms with Gasteiger partial charge < -0.3 is 20.4 Å². The molecule has 3 rings (SSSR count). The second-order valence-electron chi connectivity index (χ2n) is 5.01. The van der Waals surface area contributed by atoms with Gasteiger partial charge in [0.05, 0.1) is 6.04 Å². The van der Waals surface area contributed by atoms with Crippen LogP contribution in [0.3, 0.4) is 0 Å². The number of hydrogen-bond acceptors (Lipinski definition) is 3. The minimum absolute atomic E-state index is 0. The average Bonchev–Trinajstić information content (AvgIpc) is 3.04. The van der Waals surface area contributed by atoms with Gasteiger partial charge >= 0.3 is 6.09 Å². The number of ether oxygens (including phenoxy) is 1. The number of hydrogen-bond donors (Lipinski definition) is 3. The number of carbonyl (C=O) groups excluding carboxylic acids is 1. The Morgan fingerprint density at radius 1 is 1.52 bits per heavy atom. The van der Waals surface area contributed by atoms with Crippen LogP contribution in [0.1, 0.15) is 15.2 Å². The minimum atomic E-state index is -2.11. The summed E-state index contributed by atoms with van der Waals surface area (Å²) in [7, 11) is 0. The van der Waals surface area contributed by atoms with Crippen molar-refractivity contribution in [3.05, 3.63) is 35.5 Å². The van der Waals surface area contributed by atoms with Crippen LogP contribution in [-0.4, -0.2) is 37.2 Å². The summed E-state index contributed by atoms with van der Waals surface area (Å²) in [5.41, 5.74) is 3.20. The third-order valence-corrected chi connectivity index (χ3v) is 3.57. The van der Waals surface area contributed by atoms with Gasteiger partial charge in [-0.3, -0.25) is 0 Å². The van der Waals surface area contributed by atoms with Gasteiger partial charge in [0.25, 0.3) is 0 Å². The lowest BCUT2D eigenvalue weighted by molar-refractivity contribution is 0.177. The summed E-state index contributed by atoms with van der Waals surface area (Å²) in [5, 5.41) is 6.38. The van der Waals surface area contributed by atoms with Crippen LogP contribution in [-0.2, 0) is 17.6 Å². The van der Waals surface area contributed by atoms with Crippen LogP contribution < -0.4 is 10.6 Å². The van der Waals surface area contributed by atoms with Crippen molar-refractivity contribution in [2.45, 2.75) is 18.9 Å². The predicted molar refractivity (Wildman–Crippen MR) is 85.2 cm³/mol. The van der Waals surface area contributed by atoms with Crippen LogP contribution in [0.2, 0.25) is 0 Å². The Hall–Kier alpha value is -1.72. The monoisotopic (exact) mass is 312 g/mol. The molecule has 1 aliphatic heterocycles. The Balaban J connectivity index is 0.00000208. The largest absolute Gasteiger partial charge is 0.447 e. The number of amides is 1. The number of aromatic nitrogens is 1. The van der Waals surface area contributed by atoms with Crippen LogP contribution in [0.25, 0.3) is 10.9 Å². The SMILES string of the molecule is Cl.[2H]C([2H])([2H])NCCc1c[nH]c2ccc(CC3COC(=O)N3)cc12. The highest BCUT2D eigenvalue weighted by Crippen LogP contribution is 2.21. The van der Waals surface area contributed by atoms with Crippen LogP contribution >= 0.6 is 12.4 Å². The molecule has 1 unspecified atom stereocenters. The number of nitrogens with one attached hydrogen (secondary N) is 3. The smallest absolute Gasteiger partial charge is 0.407 e. The predicted octanol–water partition coefficient (Wildman–Crippen LogP) is 2.00. The van der Waals surface area contributed by atoms with Gasteiger partial charge in [-0.1, -0.05) is 6.07 Å². The van der Waals surface area contributed by atoms with Crippen LogP contribution in [0.5, 0.6) is 0 Å². The number of halogens is 1. The maximum absolute atomic E-state index is 11.1. The van der Waals surface area contributed by atoms with Gasteiger partial charge in [0.15, 0.2) is 0 Å². The molecule has 0 spiro atoms. The van der Waals surface area contributed by atoms with Gasteiger partial charge in [-0.25, -0.2) is 4.79 Å². The van der Waals surface area contributed by atoms with Crippen molar-refractivity contribution < 1.29 is 13.6 Å². The second kappa shape index (κ2) is 6.83. The maximum atomic E-state index is 11.1. The summed E-state index contributed by atoms with van der Waals surface area (Å²) in [6.45, 7) is -1.34. The van der Waals surface area contributed by atoms with E-state index in [-0.39, 0.29) is 24.5 Å². The van der Waals surface area contributed by atoms with E-state index in [9.17, 15) is 4.79 Å². The van der Waals surface area contributed by atoms with Crippen molar-refractivity contribution in [2.24, 2.45) is 0 Å². The molecule has 1 aromatic carbocycles. The lowest BCUT2D eigenvalue weighted by atomic mass is 10.0. The molecule has 0 saturated carbocycles. The summed E-state index contributed by atoms with van der Waals surface area (Å²) < 4.78 is 26.4. The zero-order valence-corrected chi connectivity index (χ0v) is 12.3. The van der Waals surface area contributed by atoms with Gasteiger partial charge in [-0.2, -0.15) is 0 Å². The van der Waals surface area contributed by atoms with E-state index in [1.165, 1.54) is 0 Å². The van der Waals surface area contributed by atoms with Crippen molar-refractivity contribution in [3.63, 3.8) is 0 Å². The highest BCUT2D eigenvalue weighted by Gasteiger charge is 2.22. The summed E-state index contributed by atoms with van der Waals surface area (Å²) in [4.78, 5) is 14.3. The standard InChI is InChI=1S/C15H19N3O2.ClH/c1-16-5-4-11-8-17-14-3-2-10(7-13(11)14)6-12-9-20-15(19)18-12;/h2-3,7-8,12,16-17H,4-6,9H2,1H3,(H,18,19);1H/i1D3;. The molecule has 1 amide bonds. The normalized spacial score (nSPS) is 20.1. The Bertz CT molecular complexity index is 718. The second-order valence-corrected chi connectivity index (χ2v) is 5.01. The zero-order chi connectivity index (χ0) is 16.4. The molecule has 1 saturated heterocycles. The highest BCUT2D eigenvalue weighted by molar-refractivity contribution is 5.85. The Morgan fingerprint density at radius 3 is 3.19 bits per heavy atom. The molecular weight excluding hydrogens is 290 g/mol. The maximum Gasteiger partial charge on any atom is 0.407 e. The van der Waals surface area contributed by atoms with Crippen LogP contribution in [0.15, 0.2) is 24.4 Å². The number of aromatic amines is 1. The molecule has 21 heavy (non-hydrogen) atoms. The molecule has 1 aromatic heterocycles. The van der Waals surface area contributed by atoms with Crippen molar-refractivity contribution in [1.82, 2.24) is 15.6 Å². The van der Waals surface area contributed by atoms with Gasteiger partial charge in [0.1, 0.15) is 6.61 Å². The van der Waals surface area contributed by atoms with Crippen molar-refractivity contribution in [1.29, 1.82) is 0 Å². The Morgan fingerprint density at radius 2 is 2.43 bits per heavy atom. The number of benzene rings is 1. The lowest BCUT2D eigenvalue weighted by Crippen LogP contribution is -2.28. The first kappa shape index (κ1) is 11.9. The molecule has 0 radical (unpaired) electrons. The molecule has 0 aliphatic carbocycles. The fourth-order valence-corrected chi connectivity index (χ4v) is 2.58. The first-order chi connectivity index (χ1) is 10.9. The number of cyclic esters (lactones) is 1. The molecule has 0 bridgehead atoms. The number of carbonyl (C=O) groups is 1. The minimum Gasteiger partial charge on any atom is -0.447 e. The van der Waals surface area contributed by atoms with E-state index in [1.54, 1.807) is 0 Å². The molecular formula is C15H20ClN3O2. The highest BCUT2D eigenvalue weighted by atomic mass is 35.5. The third-order valence-electron chi connectivity index (χ3n) is 3.57. The van der Waals surface area contributed by atoms with E-state index in [4.69, 9.17) is 8.85 Å². The number of H-pyrrole nitrogens is 1. The Labute approximate surface area is 134 Å². The lowest BCUT2D eigenvalue weighted by Gasteiger charge is -2.08. The first-order valence-electron chi connectivity index (χ1n) is 8.18. The fourth-order valence-electron chi connectivity index (χ4n) is 2.58. The third kappa shape index (κ3) is 3.49. The summed E-state index contributed by atoms with van der Waals surface area (Å²) >= 11 is 0. The topological polar surface area (TPSA) is 66.1 Å². The number of rotatable bonds is 5. The Kier molecular flexibility index (Phi) is 3.86. The van der Waals surface area contributed by atoms with Crippen molar-refractivity contribution >= 4 is 29.4 Å². The first-order valence-corrected chi connectivity index (χ1v) is 6.68. The van der Waals surface area contributed by atoms with E-state index >= 15 is 0 Å². The van der Waals surface area contributed by atoms with Gasteiger partial charge in [0.2, 0.25) is 0 Å². The molecule has 6 heteroatoms. The number of alkyl carbamates (subject to hydrolysis) is 1. The zero-order valence-electron chi connectivity index (χ0n) is 14.4. The molecule has 3 N–H and O–H groups in total. The quantitative estimate of drug-likeness (QED) is 0.791. The van der Waals surface area contributed by atoms with E-state index in [0.717, 1.165) is 22.0 Å². The van der Waals surface area contributed by atoms with Crippen molar-refractivity contribution in [2.75, 3.05) is 20.1 Å². The van der Waals surface area contributed by atoms with Gasteiger partial charge in [0, 0.05) is 21.2 Å².